The van der Waals surface area contributed by atoms with Crippen LogP contribution in [0.4, 0.5) is 0 Å². The van der Waals surface area contributed by atoms with Crippen molar-refractivity contribution in [1.29, 1.82) is 0 Å². The van der Waals surface area contributed by atoms with Gasteiger partial charge in [-0.1, -0.05) is 52.5 Å². The van der Waals surface area contributed by atoms with Gasteiger partial charge in [-0.2, -0.15) is 0 Å². The number of halogens is 3. The molecular formula is C15H19BrCl2O2. The van der Waals surface area contributed by atoms with E-state index in [0.29, 0.717) is 6.42 Å². The van der Waals surface area contributed by atoms with Crippen LogP contribution < -0.4 is 0 Å². The summed E-state index contributed by atoms with van der Waals surface area (Å²) in [5, 5.41) is 10.5. The Balaban J connectivity index is 2.83. The molecule has 0 aromatic heterocycles. The fourth-order valence-corrected chi connectivity index (χ4v) is 3.57. The Kier molecular flexibility index (Phi) is 8.24. The van der Waals surface area contributed by atoms with E-state index < -0.39 is 17.6 Å². The number of aliphatic hydroxyl groups is 1. The molecule has 1 aliphatic heterocycles. The molecule has 0 fully saturated rings. The highest BCUT2D eigenvalue weighted by molar-refractivity contribution is 9.09. The van der Waals surface area contributed by atoms with Crippen molar-refractivity contribution in [2.24, 2.45) is 0 Å². The van der Waals surface area contributed by atoms with Crippen LogP contribution in [0.2, 0.25) is 0 Å². The minimum atomic E-state index is -0.839. The Morgan fingerprint density at radius 3 is 3.00 bits per heavy atom. The Hall–Kier alpha value is 0.0200. The van der Waals surface area contributed by atoms with E-state index in [1.54, 1.807) is 6.08 Å². The largest absolute Gasteiger partial charge is 0.389 e. The molecule has 0 amide bonds. The molecule has 5 heteroatoms. The third kappa shape index (κ3) is 5.42. The fraction of sp³-hybridized carbons (Fsp3) is 0.600. The summed E-state index contributed by atoms with van der Waals surface area (Å²) in [6.45, 7) is 2.04. The molecule has 0 aromatic carbocycles. The number of alkyl halides is 2. The molecule has 1 N–H and O–H groups in total. The smallest absolute Gasteiger partial charge is 0.100 e. The lowest BCUT2D eigenvalue weighted by atomic mass is 10.0. The second kappa shape index (κ2) is 9.12. The van der Waals surface area contributed by atoms with Crippen LogP contribution in [0.3, 0.4) is 0 Å². The van der Waals surface area contributed by atoms with Crippen LogP contribution in [0, 0.1) is 12.3 Å². The summed E-state index contributed by atoms with van der Waals surface area (Å²) in [7, 11) is 0. The zero-order valence-electron chi connectivity index (χ0n) is 11.3. The van der Waals surface area contributed by atoms with Crippen molar-refractivity contribution in [3.63, 3.8) is 0 Å². The van der Waals surface area contributed by atoms with Crippen LogP contribution in [0.5, 0.6) is 0 Å². The zero-order chi connectivity index (χ0) is 15.1. The molecule has 1 aliphatic rings. The lowest BCUT2D eigenvalue weighted by molar-refractivity contribution is -0.0746. The predicted molar refractivity (Wildman–Crippen MR) is 88.5 cm³/mol. The molecule has 0 spiro atoms. The number of rotatable bonds is 4. The Bertz CT molecular complexity index is 403. The Morgan fingerprint density at radius 1 is 1.70 bits per heavy atom. The maximum atomic E-state index is 10.3. The second-order valence-electron chi connectivity index (χ2n) is 4.69. The van der Waals surface area contributed by atoms with Crippen molar-refractivity contribution in [2.75, 3.05) is 0 Å². The molecule has 5 atom stereocenters. The molecule has 0 saturated carbocycles. The van der Waals surface area contributed by atoms with E-state index in [2.05, 4.69) is 21.9 Å². The molecule has 0 radical (unpaired) electrons. The first kappa shape index (κ1) is 18.1. The number of aliphatic hydroxyl groups excluding tert-OH is 1. The lowest BCUT2D eigenvalue weighted by Crippen LogP contribution is -2.41. The summed E-state index contributed by atoms with van der Waals surface area (Å²) in [5.74, 6) is 2.36. The van der Waals surface area contributed by atoms with E-state index in [1.165, 1.54) is 6.08 Å². The van der Waals surface area contributed by atoms with Crippen LogP contribution in [0.15, 0.2) is 23.3 Å². The van der Waals surface area contributed by atoms with E-state index in [9.17, 15) is 5.11 Å². The lowest BCUT2D eigenvalue weighted by Gasteiger charge is -2.32. The molecule has 0 bridgehead atoms. The van der Waals surface area contributed by atoms with E-state index in [4.69, 9.17) is 34.4 Å². The van der Waals surface area contributed by atoms with Crippen LogP contribution in [-0.4, -0.2) is 33.6 Å². The van der Waals surface area contributed by atoms with Gasteiger partial charge in [0.05, 0.1) is 17.6 Å². The number of terminal acetylenes is 1. The second-order valence-corrected chi connectivity index (χ2v) is 6.85. The molecule has 2 nitrogen and oxygen atoms in total. The van der Waals surface area contributed by atoms with E-state index >= 15 is 0 Å². The quantitative estimate of drug-likeness (QED) is 0.589. The standard InChI is InChI=1S/C15H19BrCl2O2/c1-3-5-6-12(18)15(19)14-8-7-10(17)9-11(16)13(4-2)20-14/h1,5-7,11-15,19H,4,8-9H2,2H3/b6-5-,10-7+/t11-,12-,13+,14+,15+/m0/s1. The van der Waals surface area contributed by atoms with E-state index in [-0.39, 0.29) is 10.9 Å². The predicted octanol–water partition coefficient (Wildman–Crippen LogP) is 3.99. The molecule has 0 aromatic rings. The fourth-order valence-electron chi connectivity index (χ4n) is 2.05. The number of allylic oxidation sites excluding steroid dienone is 2. The van der Waals surface area contributed by atoms with Crippen LogP contribution in [0.25, 0.3) is 0 Å². The molecule has 0 unspecified atom stereocenters. The van der Waals surface area contributed by atoms with Gasteiger partial charge in [0.25, 0.3) is 0 Å². The molecule has 0 aliphatic carbocycles. The van der Waals surface area contributed by atoms with Crippen molar-refractivity contribution >= 4 is 39.1 Å². The Morgan fingerprint density at radius 2 is 2.40 bits per heavy atom. The Labute approximate surface area is 139 Å². The first-order valence-electron chi connectivity index (χ1n) is 6.58. The van der Waals surface area contributed by atoms with Gasteiger partial charge in [-0.15, -0.1) is 18.0 Å². The highest BCUT2D eigenvalue weighted by Crippen LogP contribution is 2.29. The van der Waals surface area contributed by atoms with Crippen molar-refractivity contribution < 1.29 is 9.84 Å². The highest BCUT2D eigenvalue weighted by Gasteiger charge is 2.31. The van der Waals surface area contributed by atoms with Gasteiger partial charge in [-0.3, -0.25) is 0 Å². The molecule has 112 valence electrons. The van der Waals surface area contributed by atoms with E-state index in [1.807, 2.05) is 13.0 Å². The van der Waals surface area contributed by atoms with Gasteiger partial charge in [0, 0.05) is 9.86 Å². The third-order valence-corrected chi connectivity index (χ3v) is 4.83. The summed E-state index contributed by atoms with van der Waals surface area (Å²) in [6.07, 6.45) is 10.9. The topological polar surface area (TPSA) is 29.5 Å². The first-order valence-corrected chi connectivity index (χ1v) is 8.31. The zero-order valence-corrected chi connectivity index (χ0v) is 14.4. The molecule has 0 saturated heterocycles. The van der Waals surface area contributed by atoms with Crippen LogP contribution in [0.1, 0.15) is 26.2 Å². The van der Waals surface area contributed by atoms with Crippen molar-refractivity contribution in [2.45, 2.75) is 54.7 Å². The van der Waals surface area contributed by atoms with Crippen molar-refractivity contribution in [3.05, 3.63) is 23.3 Å². The van der Waals surface area contributed by atoms with Gasteiger partial charge >= 0.3 is 0 Å². The molecule has 20 heavy (non-hydrogen) atoms. The third-order valence-electron chi connectivity index (χ3n) is 3.20. The molecular weight excluding hydrogens is 363 g/mol. The van der Waals surface area contributed by atoms with E-state index in [0.717, 1.165) is 17.9 Å². The van der Waals surface area contributed by atoms with Crippen LogP contribution in [-0.2, 0) is 4.74 Å². The summed E-state index contributed by atoms with van der Waals surface area (Å²) < 4.78 is 5.99. The van der Waals surface area contributed by atoms with Gasteiger partial charge in [0.15, 0.2) is 0 Å². The summed E-state index contributed by atoms with van der Waals surface area (Å²) in [5.41, 5.74) is 0. The number of hydrogen-bond donors (Lipinski definition) is 1. The van der Waals surface area contributed by atoms with Crippen molar-refractivity contribution in [3.8, 4) is 12.3 Å². The van der Waals surface area contributed by atoms with Gasteiger partial charge in [-0.25, -0.2) is 0 Å². The minimum Gasteiger partial charge on any atom is -0.389 e. The SMILES string of the molecule is C#C/C=C\[C@H](Cl)[C@@H](O)[C@H]1C/C=C(/Cl)C[C@H](Br)[C@@H](CC)O1. The van der Waals surface area contributed by atoms with Gasteiger partial charge in [-0.05, 0) is 25.3 Å². The van der Waals surface area contributed by atoms with Gasteiger partial charge in [0.2, 0.25) is 0 Å². The average Bonchev–Trinajstić information content (AvgIpc) is 2.42. The van der Waals surface area contributed by atoms with Gasteiger partial charge in [0.1, 0.15) is 6.10 Å². The maximum Gasteiger partial charge on any atom is 0.100 e. The number of hydrogen-bond acceptors (Lipinski definition) is 2. The van der Waals surface area contributed by atoms with Crippen LogP contribution >= 0.6 is 39.1 Å². The molecule has 1 rings (SSSR count). The first-order chi connectivity index (χ1) is 9.49. The summed E-state index contributed by atoms with van der Waals surface area (Å²) >= 11 is 15.9. The minimum absolute atomic E-state index is 0.0161. The highest BCUT2D eigenvalue weighted by atomic mass is 79.9. The normalized spacial score (nSPS) is 33.6. The van der Waals surface area contributed by atoms with Crippen molar-refractivity contribution in [1.82, 2.24) is 0 Å². The molecule has 1 heterocycles. The monoisotopic (exact) mass is 380 g/mol. The van der Waals surface area contributed by atoms with Gasteiger partial charge < -0.3 is 9.84 Å². The summed E-state index contributed by atoms with van der Waals surface area (Å²) in [6, 6.07) is 0. The summed E-state index contributed by atoms with van der Waals surface area (Å²) in [4.78, 5) is 0.126. The average molecular weight is 382 g/mol. The maximum absolute atomic E-state index is 10.3. The number of ether oxygens (including phenoxy) is 1.